The highest BCUT2D eigenvalue weighted by molar-refractivity contribution is 5.77. The molecule has 0 unspecified atom stereocenters. The van der Waals surface area contributed by atoms with E-state index in [1.54, 1.807) is 11.8 Å². The van der Waals surface area contributed by atoms with Crippen LogP contribution < -0.4 is 9.47 Å². The van der Waals surface area contributed by atoms with Crippen molar-refractivity contribution in [3.63, 3.8) is 0 Å². The summed E-state index contributed by atoms with van der Waals surface area (Å²) in [7, 11) is 1.65. The van der Waals surface area contributed by atoms with Crippen LogP contribution in [0.1, 0.15) is 22.5 Å². The number of fused-ring (bicyclic) bond motifs is 1. The van der Waals surface area contributed by atoms with E-state index in [4.69, 9.17) is 9.47 Å². The van der Waals surface area contributed by atoms with E-state index in [9.17, 15) is 4.79 Å². The van der Waals surface area contributed by atoms with Crippen molar-refractivity contribution in [2.45, 2.75) is 33.9 Å². The lowest BCUT2D eigenvalue weighted by Gasteiger charge is -2.20. The Balaban J connectivity index is 1.64. The summed E-state index contributed by atoms with van der Waals surface area (Å²) in [6, 6.07) is 14.4. The predicted molar refractivity (Wildman–Crippen MR) is 116 cm³/mol. The normalized spacial score (nSPS) is 13.4. The van der Waals surface area contributed by atoms with E-state index >= 15 is 0 Å². The van der Waals surface area contributed by atoms with Gasteiger partial charge in [-0.25, -0.2) is 0 Å². The highest BCUT2D eigenvalue weighted by atomic mass is 16.5. The molecule has 0 saturated heterocycles. The van der Waals surface area contributed by atoms with Crippen LogP contribution >= 0.6 is 0 Å². The summed E-state index contributed by atoms with van der Waals surface area (Å²) in [4.78, 5) is 14.9. The molecule has 0 aliphatic carbocycles. The number of aryl methyl sites for hydroxylation is 3. The Bertz CT molecular complexity index is 1070. The lowest BCUT2D eigenvalue weighted by Crippen LogP contribution is -2.35. The molecule has 0 saturated carbocycles. The smallest absolute Gasteiger partial charge is 0.244 e. The summed E-state index contributed by atoms with van der Waals surface area (Å²) in [6.07, 6.45) is 0. The summed E-state index contributed by atoms with van der Waals surface area (Å²) in [5, 5.41) is 4.42. The molecule has 0 atom stereocenters. The maximum Gasteiger partial charge on any atom is 0.244 e. The number of hydrogen-bond acceptors (Lipinski definition) is 4. The standard InChI is InChI=1S/C24H27N3O3/c1-16-5-7-19(8-6-16)20-12-21-14-26(9-10-30-24(21)22(13-20)29-4)23(28)15-27-18(3)11-17(2)25-27/h5-8,11-13H,9-10,14-15H2,1-4H3. The highest BCUT2D eigenvalue weighted by Gasteiger charge is 2.24. The van der Waals surface area contributed by atoms with E-state index in [2.05, 4.69) is 42.4 Å². The second kappa shape index (κ2) is 8.22. The minimum atomic E-state index is 0.0253. The number of methoxy groups -OCH3 is 1. The third-order valence-electron chi connectivity index (χ3n) is 5.45. The van der Waals surface area contributed by atoms with Crippen LogP contribution in [0.4, 0.5) is 0 Å². The molecule has 156 valence electrons. The second-order valence-electron chi connectivity index (χ2n) is 7.78. The average molecular weight is 405 g/mol. The van der Waals surface area contributed by atoms with Gasteiger partial charge in [0.2, 0.25) is 5.91 Å². The Morgan fingerprint density at radius 3 is 2.53 bits per heavy atom. The lowest BCUT2D eigenvalue weighted by molar-refractivity contribution is -0.132. The van der Waals surface area contributed by atoms with Crippen molar-refractivity contribution in [2.75, 3.05) is 20.3 Å². The van der Waals surface area contributed by atoms with E-state index < -0.39 is 0 Å². The van der Waals surface area contributed by atoms with E-state index in [0.717, 1.165) is 33.8 Å². The molecule has 0 radical (unpaired) electrons. The van der Waals surface area contributed by atoms with Gasteiger partial charge >= 0.3 is 0 Å². The van der Waals surface area contributed by atoms with Gasteiger partial charge < -0.3 is 14.4 Å². The van der Waals surface area contributed by atoms with Crippen LogP contribution in [0.15, 0.2) is 42.5 Å². The first-order valence-corrected chi connectivity index (χ1v) is 10.1. The third kappa shape index (κ3) is 4.03. The van der Waals surface area contributed by atoms with Crippen molar-refractivity contribution in [1.82, 2.24) is 14.7 Å². The fourth-order valence-electron chi connectivity index (χ4n) is 3.82. The van der Waals surface area contributed by atoms with Crippen molar-refractivity contribution in [1.29, 1.82) is 0 Å². The molecule has 0 N–H and O–H groups in total. The third-order valence-corrected chi connectivity index (χ3v) is 5.45. The van der Waals surface area contributed by atoms with Crippen molar-refractivity contribution in [3.8, 4) is 22.6 Å². The number of rotatable bonds is 4. The van der Waals surface area contributed by atoms with Crippen LogP contribution in [0, 0.1) is 20.8 Å². The molecule has 1 aliphatic heterocycles. The van der Waals surface area contributed by atoms with Crippen molar-refractivity contribution in [3.05, 3.63) is 65.0 Å². The van der Waals surface area contributed by atoms with Crippen LogP contribution in [-0.2, 0) is 17.9 Å². The van der Waals surface area contributed by atoms with Crippen molar-refractivity contribution in [2.24, 2.45) is 0 Å². The van der Waals surface area contributed by atoms with Gasteiger partial charge in [-0.15, -0.1) is 0 Å². The Morgan fingerprint density at radius 1 is 1.10 bits per heavy atom. The molecule has 6 heteroatoms. The summed E-state index contributed by atoms with van der Waals surface area (Å²) in [5.74, 6) is 1.43. The molecular formula is C24H27N3O3. The summed E-state index contributed by atoms with van der Waals surface area (Å²) >= 11 is 0. The first-order chi connectivity index (χ1) is 14.4. The molecule has 2 aromatic carbocycles. The van der Waals surface area contributed by atoms with Gasteiger partial charge in [0.25, 0.3) is 0 Å². The lowest BCUT2D eigenvalue weighted by atomic mass is 10.0. The summed E-state index contributed by atoms with van der Waals surface area (Å²) < 4.78 is 13.4. The topological polar surface area (TPSA) is 56.6 Å². The molecule has 0 bridgehead atoms. The highest BCUT2D eigenvalue weighted by Crippen LogP contribution is 2.38. The molecule has 1 aliphatic rings. The molecule has 2 heterocycles. The molecule has 1 aromatic heterocycles. The number of nitrogens with zero attached hydrogens (tertiary/aromatic N) is 3. The number of hydrogen-bond donors (Lipinski definition) is 0. The Hall–Kier alpha value is -3.28. The molecule has 6 nitrogen and oxygen atoms in total. The number of ether oxygens (including phenoxy) is 2. The van der Waals surface area contributed by atoms with Gasteiger partial charge in [0.15, 0.2) is 11.5 Å². The quantitative estimate of drug-likeness (QED) is 0.661. The van der Waals surface area contributed by atoms with E-state index in [1.165, 1.54) is 5.56 Å². The number of carbonyl (C=O) groups is 1. The summed E-state index contributed by atoms with van der Waals surface area (Å²) in [6.45, 7) is 7.62. The maximum absolute atomic E-state index is 13.0. The van der Waals surface area contributed by atoms with Gasteiger partial charge in [-0.1, -0.05) is 29.8 Å². The van der Waals surface area contributed by atoms with E-state index in [0.29, 0.717) is 25.4 Å². The van der Waals surface area contributed by atoms with Gasteiger partial charge in [-0.3, -0.25) is 9.48 Å². The molecule has 30 heavy (non-hydrogen) atoms. The Morgan fingerprint density at radius 2 is 1.87 bits per heavy atom. The maximum atomic E-state index is 13.0. The van der Waals surface area contributed by atoms with Gasteiger partial charge in [0.05, 0.1) is 19.3 Å². The van der Waals surface area contributed by atoms with Crippen LogP contribution in [0.2, 0.25) is 0 Å². The Labute approximate surface area is 177 Å². The monoisotopic (exact) mass is 405 g/mol. The number of benzene rings is 2. The second-order valence-corrected chi connectivity index (χ2v) is 7.78. The van der Waals surface area contributed by atoms with Gasteiger partial charge in [-0.05, 0) is 50.1 Å². The number of amides is 1. The first kappa shape index (κ1) is 20.0. The Kier molecular flexibility index (Phi) is 5.48. The molecule has 1 amide bonds. The van der Waals surface area contributed by atoms with Gasteiger partial charge in [-0.2, -0.15) is 5.10 Å². The van der Waals surface area contributed by atoms with E-state index in [1.807, 2.05) is 30.9 Å². The SMILES string of the molecule is COc1cc(-c2ccc(C)cc2)cc2c1OCCN(C(=O)Cn1nc(C)cc1C)C2. The van der Waals surface area contributed by atoms with Crippen LogP contribution in [0.5, 0.6) is 11.5 Å². The minimum Gasteiger partial charge on any atom is -0.493 e. The zero-order valence-corrected chi connectivity index (χ0v) is 17.9. The fraction of sp³-hybridized carbons (Fsp3) is 0.333. The zero-order chi connectivity index (χ0) is 21.3. The zero-order valence-electron chi connectivity index (χ0n) is 17.9. The van der Waals surface area contributed by atoms with Crippen molar-refractivity contribution < 1.29 is 14.3 Å². The van der Waals surface area contributed by atoms with Crippen LogP contribution in [0.25, 0.3) is 11.1 Å². The fourth-order valence-corrected chi connectivity index (χ4v) is 3.82. The predicted octanol–water partition coefficient (Wildman–Crippen LogP) is 3.91. The molecular weight excluding hydrogens is 378 g/mol. The molecule has 0 fully saturated rings. The van der Waals surface area contributed by atoms with Gasteiger partial charge in [0.1, 0.15) is 13.2 Å². The summed E-state index contributed by atoms with van der Waals surface area (Å²) in [5.41, 5.74) is 6.20. The first-order valence-electron chi connectivity index (χ1n) is 10.1. The molecule has 0 spiro atoms. The molecule has 4 rings (SSSR count). The van der Waals surface area contributed by atoms with Crippen LogP contribution in [0.3, 0.4) is 0 Å². The van der Waals surface area contributed by atoms with Crippen molar-refractivity contribution >= 4 is 5.91 Å². The number of aromatic nitrogens is 2. The minimum absolute atomic E-state index is 0.0253. The van der Waals surface area contributed by atoms with Gasteiger partial charge in [0, 0.05) is 17.8 Å². The van der Waals surface area contributed by atoms with Crippen LogP contribution in [-0.4, -0.2) is 40.8 Å². The number of carbonyl (C=O) groups excluding carboxylic acids is 1. The average Bonchev–Trinajstić information content (AvgIpc) is 2.92. The van der Waals surface area contributed by atoms with E-state index in [-0.39, 0.29) is 12.5 Å². The molecule has 3 aromatic rings. The largest absolute Gasteiger partial charge is 0.493 e.